The number of halogens is 7. The summed E-state index contributed by atoms with van der Waals surface area (Å²) in [5, 5.41) is 2.47. The molecule has 0 N–H and O–H groups in total. The van der Waals surface area contributed by atoms with Gasteiger partial charge in [0.25, 0.3) is 7.71 Å². The highest BCUT2D eigenvalue weighted by atomic mass is 31.1. The maximum absolute atomic E-state index is 15.8. The zero-order valence-corrected chi connectivity index (χ0v) is 23.4. The Morgan fingerprint density at radius 1 is 0.524 bits per heavy atom. The van der Waals surface area contributed by atoms with Crippen molar-refractivity contribution in [2.75, 3.05) is 0 Å². The monoisotopic (exact) mass is 614 g/mol. The van der Waals surface area contributed by atoms with Crippen LogP contribution in [0.3, 0.4) is 0 Å². The number of nitrogens with zero attached hydrogens (tertiary/aromatic N) is 1. The Hall–Kier alpha value is -3.86. The quantitative estimate of drug-likeness (QED) is 0.0989. The van der Waals surface area contributed by atoms with Gasteiger partial charge in [-0.3, -0.25) is 0 Å². The van der Waals surface area contributed by atoms with Crippen LogP contribution in [0.25, 0.3) is 0 Å². The third-order valence-electron chi connectivity index (χ3n) is 6.38. The summed E-state index contributed by atoms with van der Waals surface area (Å²) in [5.74, 6) is -10.9. The van der Waals surface area contributed by atoms with E-state index in [1.165, 1.54) is 0 Å². The lowest BCUT2D eigenvalue weighted by Gasteiger charge is -2.26. The lowest BCUT2D eigenvalue weighted by atomic mass is 10.1. The predicted molar refractivity (Wildman–Crippen MR) is 155 cm³/mol. The molecule has 0 amide bonds. The fraction of sp³-hybridized carbons (Fsp3) is 0.0625. The SMILES string of the molecule is Fc1c(F)c(C(F)(F)F)c(F)c(F)c1C(N=[P+](c1ccccc1)c1ccccc1)P(c1ccccc1)c1ccccc1. The van der Waals surface area contributed by atoms with Gasteiger partial charge in [-0.25, -0.2) is 17.6 Å². The van der Waals surface area contributed by atoms with Crippen molar-refractivity contribution in [3.63, 3.8) is 0 Å². The van der Waals surface area contributed by atoms with Crippen molar-refractivity contribution in [3.8, 4) is 0 Å². The first-order valence-electron chi connectivity index (χ1n) is 12.6. The van der Waals surface area contributed by atoms with Crippen molar-refractivity contribution < 1.29 is 30.7 Å². The second-order valence-electron chi connectivity index (χ2n) is 9.06. The highest BCUT2D eigenvalue weighted by Gasteiger charge is 2.45. The molecule has 0 aliphatic rings. The van der Waals surface area contributed by atoms with Gasteiger partial charge in [0.2, 0.25) is 0 Å². The molecule has 5 rings (SSSR count). The Kier molecular flexibility index (Phi) is 8.86. The topological polar surface area (TPSA) is 12.4 Å². The molecule has 0 aliphatic carbocycles. The van der Waals surface area contributed by atoms with Gasteiger partial charge >= 0.3 is 6.18 Å². The van der Waals surface area contributed by atoms with E-state index in [1.54, 1.807) is 121 Å². The van der Waals surface area contributed by atoms with Crippen LogP contribution in [0.2, 0.25) is 0 Å². The fourth-order valence-corrected chi connectivity index (χ4v) is 9.37. The van der Waals surface area contributed by atoms with Crippen LogP contribution >= 0.6 is 15.6 Å². The molecule has 10 heteroatoms. The molecule has 0 spiro atoms. The number of hydrogen-bond acceptors (Lipinski definition) is 1. The van der Waals surface area contributed by atoms with E-state index < -0.39 is 62.0 Å². The summed E-state index contributed by atoms with van der Waals surface area (Å²) in [5.41, 5.74) is -3.80. The van der Waals surface area contributed by atoms with Crippen molar-refractivity contribution >= 4 is 36.9 Å². The molecule has 0 saturated heterocycles. The number of hydrogen-bond donors (Lipinski definition) is 0. The highest BCUT2D eigenvalue weighted by Crippen LogP contribution is 2.55. The highest BCUT2D eigenvalue weighted by molar-refractivity contribution is 7.74. The second-order valence-corrected chi connectivity index (χ2v) is 13.2. The van der Waals surface area contributed by atoms with Gasteiger partial charge in [-0.05, 0) is 42.8 Å². The van der Waals surface area contributed by atoms with E-state index in [0.717, 1.165) is 0 Å². The Morgan fingerprint density at radius 3 is 1.24 bits per heavy atom. The Bertz CT molecular complexity index is 1590. The van der Waals surface area contributed by atoms with Crippen molar-refractivity contribution in [2.45, 2.75) is 12.0 Å². The van der Waals surface area contributed by atoms with Crippen LogP contribution in [0.5, 0.6) is 0 Å². The summed E-state index contributed by atoms with van der Waals surface area (Å²) in [4.78, 5) is 0. The van der Waals surface area contributed by atoms with Gasteiger partial charge in [0.1, 0.15) is 5.56 Å². The first-order chi connectivity index (χ1) is 20.2. The molecule has 0 aromatic heterocycles. The van der Waals surface area contributed by atoms with Crippen LogP contribution in [0.4, 0.5) is 30.7 Å². The van der Waals surface area contributed by atoms with Crippen LogP contribution in [-0.4, -0.2) is 0 Å². The lowest BCUT2D eigenvalue weighted by Crippen LogP contribution is -2.22. The van der Waals surface area contributed by atoms with Gasteiger partial charge in [-0.15, -0.1) is 0 Å². The largest absolute Gasteiger partial charge is 0.422 e. The minimum atomic E-state index is -5.66. The maximum atomic E-state index is 15.8. The first kappa shape index (κ1) is 29.6. The first-order valence-corrected chi connectivity index (χ1v) is 15.3. The molecule has 0 bridgehead atoms. The van der Waals surface area contributed by atoms with Crippen LogP contribution in [0.1, 0.15) is 16.9 Å². The lowest BCUT2D eigenvalue weighted by molar-refractivity contribution is -0.143. The maximum Gasteiger partial charge on any atom is 0.422 e. The summed E-state index contributed by atoms with van der Waals surface area (Å²) >= 11 is 0. The van der Waals surface area contributed by atoms with E-state index in [2.05, 4.69) is 0 Å². The number of benzene rings is 5. The molecular weight excluding hydrogens is 593 g/mol. The van der Waals surface area contributed by atoms with Gasteiger partial charge in [-0.1, -0.05) is 102 Å². The third-order valence-corrected chi connectivity index (χ3v) is 11.2. The average molecular weight is 614 g/mol. The Balaban J connectivity index is 1.90. The van der Waals surface area contributed by atoms with Gasteiger partial charge in [0.15, 0.2) is 39.7 Å². The molecule has 5 aromatic rings. The summed E-state index contributed by atoms with van der Waals surface area (Å²) in [7, 11) is -3.70. The minimum absolute atomic E-state index is 0.558. The van der Waals surface area contributed by atoms with Gasteiger partial charge in [0, 0.05) is 0 Å². The van der Waals surface area contributed by atoms with Crippen molar-refractivity contribution in [3.05, 3.63) is 156 Å². The van der Waals surface area contributed by atoms with E-state index in [9.17, 15) is 13.2 Å². The van der Waals surface area contributed by atoms with Gasteiger partial charge in [0.05, 0.1) is 5.56 Å². The molecule has 0 aliphatic heterocycles. The predicted octanol–water partition coefficient (Wildman–Crippen LogP) is 8.71. The standard InChI is InChI=1S/C32H21F7NP2/c33-27-25(28(34)30(36)26(29(27)35)32(37,38)39)31(41(21-13-5-1-6-14-21)22-15-7-2-8-16-22)40-42(23-17-9-3-10-18-23)24-19-11-4-12-20-24/h1-20,31H/q+1. The molecule has 1 atom stereocenters. The zero-order valence-electron chi connectivity index (χ0n) is 21.6. The number of rotatable bonds is 7. The summed E-state index contributed by atoms with van der Waals surface area (Å²) in [6.45, 7) is 0. The van der Waals surface area contributed by atoms with E-state index in [4.69, 9.17) is 4.74 Å². The van der Waals surface area contributed by atoms with Crippen molar-refractivity contribution in [2.24, 2.45) is 4.74 Å². The van der Waals surface area contributed by atoms with Gasteiger partial charge in [-0.2, -0.15) is 13.2 Å². The molecule has 42 heavy (non-hydrogen) atoms. The minimum Gasteiger partial charge on any atom is -0.203 e. The van der Waals surface area contributed by atoms with Gasteiger partial charge < -0.3 is 0 Å². The molecule has 0 saturated carbocycles. The van der Waals surface area contributed by atoms with Crippen LogP contribution in [0, 0.1) is 23.3 Å². The molecular formula is C32H21F7NP2+. The van der Waals surface area contributed by atoms with E-state index in [1.807, 2.05) is 0 Å². The molecule has 5 aromatic carbocycles. The third kappa shape index (κ3) is 6.01. The van der Waals surface area contributed by atoms with Crippen LogP contribution in [-0.2, 0) is 6.18 Å². The smallest absolute Gasteiger partial charge is 0.203 e. The Morgan fingerprint density at radius 2 is 0.881 bits per heavy atom. The summed E-state index contributed by atoms with van der Waals surface area (Å²) in [6, 6.07) is 34.7. The molecule has 0 fully saturated rings. The Labute approximate surface area is 239 Å². The summed E-state index contributed by atoms with van der Waals surface area (Å²) < 4.78 is 107. The zero-order chi connectivity index (χ0) is 29.9. The van der Waals surface area contributed by atoms with E-state index in [-0.39, 0.29) is 0 Å². The number of alkyl halides is 3. The van der Waals surface area contributed by atoms with Crippen molar-refractivity contribution in [1.82, 2.24) is 0 Å². The van der Waals surface area contributed by atoms with Crippen LogP contribution < -0.4 is 21.2 Å². The summed E-state index contributed by atoms with van der Waals surface area (Å²) in [6.07, 6.45) is -5.66. The van der Waals surface area contributed by atoms with Crippen LogP contribution in [0.15, 0.2) is 126 Å². The normalized spacial score (nSPS) is 12.3. The fourth-order valence-electron chi connectivity index (χ4n) is 4.50. The molecule has 212 valence electrons. The van der Waals surface area contributed by atoms with E-state index >= 15 is 17.6 Å². The second kappa shape index (κ2) is 12.6. The molecule has 0 heterocycles. The average Bonchev–Trinajstić information content (AvgIpc) is 3.00. The van der Waals surface area contributed by atoms with E-state index in [0.29, 0.717) is 21.2 Å². The molecule has 1 unspecified atom stereocenters. The molecule has 1 nitrogen and oxygen atoms in total. The molecule has 0 radical (unpaired) electrons. The van der Waals surface area contributed by atoms with Crippen molar-refractivity contribution in [1.29, 1.82) is 0 Å².